The van der Waals surface area contributed by atoms with Crippen LogP contribution in [0.5, 0.6) is 5.75 Å². The summed E-state index contributed by atoms with van der Waals surface area (Å²) in [5.41, 5.74) is 6.52. The van der Waals surface area contributed by atoms with E-state index in [4.69, 9.17) is 17.0 Å². The molecular weight excluding hydrogens is 340 g/mol. The van der Waals surface area contributed by atoms with Crippen LogP contribution in [0.15, 0.2) is 48.5 Å². The molecule has 4 N–H and O–H groups in total. The predicted octanol–water partition coefficient (Wildman–Crippen LogP) is 1.69. The Morgan fingerprint density at radius 2 is 1.44 bits per heavy atom. The van der Waals surface area contributed by atoms with Gasteiger partial charge >= 0.3 is 0 Å². The van der Waals surface area contributed by atoms with Crippen LogP contribution in [0, 0.1) is 0 Å². The lowest BCUT2D eigenvalue weighted by atomic mass is 10.1. The summed E-state index contributed by atoms with van der Waals surface area (Å²) in [4.78, 5) is 24.1. The van der Waals surface area contributed by atoms with Crippen molar-refractivity contribution in [2.24, 2.45) is 0 Å². The number of anilines is 1. The Balaban J connectivity index is 1.96. The van der Waals surface area contributed by atoms with Crippen LogP contribution in [0.1, 0.15) is 20.7 Å². The van der Waals surface area contributed by atoms with Gasteiger partial charge in [0.05, 0.1) is 7.11 Å². The Bertz CT molecular complexity index is 760. The van der Waals surface area contributed by atoms with E-state index in [0.717, 1.165) is 0 Å². The first-order valence-electron chi connectivity index (χ1n) is 7.37. The van der Waals surface area contributed by atoms with Crippen molar-refractivity contribution in [3.05, 3.63) is 59.7 Å². The largest absolute Gasteiger partial charge is 0.497 e. The molecule has 0 heterocycles. The van der Waals surface area contributed by atoms with Crippen LogP contribution in [0.4, 0.5) is 5.69 Å². The monoisotopic (exact) mass is 358 g/mol. The van der Waals surface area contributed by atoms with E-state index >= 15 is 0 Å². The predicted molar refractivity (Wildman–Crippen MR) is 99.6 cm³/mol. The molecule has 8 heteroatoms. The summed E-state index contributed by atoms with van der Waals surface area (Å²) in [5, 5.41) is 5.74. The molecule has 0 aliphatic heterocycles. The summed E-state index contributed by atoms with van der Waals surface area (Å²) in [6, 6.07) is 13.3. The molecular formula is C17H18N4O3S. The minimum Gasteiger partial charge on any atom is -0.497 e. The third kappa shape index (κ3) is 5.18. The Hall–Kier alpha value is -3.13. The van der Waals surface area contributed by atoms with Gasteiger partial charge in [-0.3, -0.25) is 20.4 Å². The number of ether oxygens (including phenoxy) is 1. The standard InChI is InChI=1S/C17H18N4O3S/c1-18-17(25)21-20-16(23)12-3-7-13(8-4-12)19-15(22)11-5-9-14(24-2)10-6-11/h3-10H,1-2H3,(H,19,22)(H,20,23)(H2,18,21,25). The van der Waals surface area contributed by atoms with Crippen LogP contribution in [-0.2, 0) is 0 Å². The number of nitrogens with one attached hydrogen (secondary N) is 4. The zero-order chi connectivity index (χ0) is 18.2. The van der Waals surface area contributed by atoms with Gasteiger partial charge in [0.15, 0.2) is 5.11 Å². The first kappa shape index (κ1) is 18.2. The van der Waals surface area contributed by atoms with E-state index in [-0.39, 0.29) is 11.8 Å². The molecule has 7 nitrogen and oxygen atoms in total. The molecule has 25 heavy (non-hydrogen) atoms. The lowest BCUT2D eigenvalue weighted by Gasteiger charge is -2.10. The van der Waals surface area contributed by atoms with Gasteiger partial charge < -0.3 is 15.4 Å². The highest BCUT2D eigenvalue weighted by Crippen LogP contribution is 2.14. The van der Waals surface area contributed by atoms with E-state index in [9.17, 15) is 9.59 Å². The first-order valence-corrected chi connectivity index (χ1v) is 7.78. The SMILES string of the molecule is CNC(=S)NNC(=O)c1ccc(NC(=O)c2ccc(OC)cc2)cc1. The van der Waals surface area contributed by atoms with E-state index in [1.807, 2.05) is 0 Å². The number of hydrogen-bond acceptors (Lipinski definition) is 4. The van der Waals surface area contributed by atoms with Gasteiger partial charge in [0, 0.05) is 23.9 Å². The van der Waals surface area contributed by atoms with E-state index in [2.05, 4.69) is 21.5 Å². The second kappa shape index (κ2) is 8.65. The van der Waals surface area contributed by atoms with E-state index < -0.39 is 0 Å². The van der Waals surface area contributed by atoms with Crippen molar-refractivity contribution in [3.63, 3.8) is 0 Å². The zero-order valence-corrected chi connectivity index (χ0v) is 14.6. The van der Waals surface area contributed by atoms with Crippen LogP contribution in [-0.4, -0.2) is 31.1 Å². The number of hydrazine groups is 1. The molecule has 130 valence electrons. The van der Waals surface area contributed by atoms with Crippen molar-refractivity contribution in [1.82, 2.24) is 16.2 Å². The van der Waals surface area contributed by atoms with Crippen LogP contribution in [0.25, 0.3) is 0 Å². The fourth-order valence-electron chi connectivity index (χ4n) is 1.90. The van der Waals surface area contributed by atoms with Gasteiger partial charge in [-0.25, -0.2) is 0 Å². The topological polar surface area (TPSA) is 91.5 Å². The zero-order valence-electron chi connectivity index (χ0n) is 13.8. The maximum atomic E-state index is 12.2. The smallest absolute Gasteiger partial charge is 0.269 e. The average Bonchev–Trinajstić information content (AvgIpc) is 2.66. The van der Waals surface area contributed by atoms with Gasteiger partial charge in [-0.2, -0.15) is 0 Å². The average molecular weight is 358 g/mol. The lowest BCUT2D eigenvalue weighted by molar-refractivity contribution is 0.0943. The van der Waals surface area contributed by atoms with Crippen LogP contribution < -0.4 is 26.2 Å². The van der Waals surface area contributed by atoms with Gasteiger partial charge in [0.2, 0.25) is 0 Å². The van der Waals surface area contributed by atoms with Crippen LogP contribution in [0.3, 0.4) is 0 Å². The van der Waals surface area contributed by atoms with Crippen molar-refractivity contribution in [3.8, 4) is 5.75 Å². The third-order valence-electron chi connectivity index (χ3n) is 3.27. The van der Waals surface area contributed by atoms with E-state index in [1.165, 1.54) is 0 Å². The first-order chi connectivity index (χ1) is 12.0. The lowest BCUT2D eigenvalue weighted by Crippen LogP contribution is -2.45. The number of carbonyl (C=O) groups excluding carboxylic acids is 2. The molecule has 0 saturated carbocycles. The molecule has 0 spiro atoms. The number of amides is 2. The molecule has 0 radical (unpaired) electrons. The van der Waals surface area contributed by atoms with E-state index in [1.54, 1.807) is 62.7 Å². The van der Waals surface area contributed by atoms with Crippen molar-refractivity contribution in [1.29, 1.82) is 0 Å². The summed E-state index contributed by atoms with van der Waals surface area (Å²) in [6.07, 6.45) is 0. The van der Waals surface area contributed by atoms with Gasteiger partial charge in [-0.1, -0.05) is 0 Å². The Morgan fingerprint density at radius 3 is 2.00 bits per heavy atom. The number of thiocarbonyl (C=S) groups is 1. The molecule has 0 aromatic heterocycles. The van der Waals surface area contributed by atoms with Crippen molar-refractivity contribution in [2.75, 3.05) is 19.5 Å². The van der Waals surface area contributed by atoms with Crippen molar-refractivity contribution >= 4 is 34.8 Å². The molecule has 0 aliphatic rings. The number of methoxy groups -OCH3 is 1. The minimum absolute atomic E-state index is 0.249. The van der Waals surface area contributed by atoms with Gasteiger partial charge in [0.1, 0.15) is 5.75 Å². The number of carbonyl (C=O) groups is 2. The molecule has 0 bridgehead atoms. The third-order valence-corrected chi connectivity index (χ3v) is 3.58. The minimum atomic E-state index is -0.342. The molecule has 0 atom stereocenters. The summed E-state index contributed by atoms with van der Waals surface area (Å²) < 4.78 is 5.06. The Morgan fingerprint density at radius 1 is 0.880 bits per heavy atom. The molecule has 2 rings (SSSR count). The van der Waals surface area contributed by atoms with Gasteiger partial charge in [-0.15, -0.1) is 0 Å². The maximum absolute atomic E-state index is 12.2. The normalized spacial score (nSPS) is 9.68. The van der Waals surface area contributed by atoms with Crippen LogP contribution >= 0.6 is 12.2 Å². The summed E-state index contributed by atoms with van der Waals surface area (Å²) >= 11 is 4.86. The summed E-state index contributed by atoms with van der Waals surface area (Å²) in [7, 11) is 3.20. The number of hydrogen-bond donors (Lipinski definition) is 4. The van der Waals surface area contributed by atoms with E-state index in [0.29, 0.717) is 27.7 Å². The Kier molecular flexibility index (Phi) is 6.30. The molecule has 0 fully saturated rings. The fraction of sp³-hybridized carbons (Fsp3) is 0.118. The second-order valence-corrected chi connectivity index (χ2v) is 5.33. The van der Waals surface area contributed by atoms with Gasteiger partial charge in [-0.05, 0) is 60.7 Å². The molecule has 2 amide bonds. The van der Waals surface area contributed by atoms with Gasteiger partial charge in [0.25, 0.3) is 11.8 Å². The second-order valence-electron chi connectivity index (χ2n) is 4.92. The highest BCUT2D eigenvalue weighted by molar-refractivity contribution is 7.80. The van der Waals surface area contributed by atoms with Crippen molar-refractivity contribution in [2.45, 2.75) is 0 Å². The molecule has 2 aromatic carbocycles. The maximum Gasteiger partial charge on any atom is 0.269 e. The Labute approximate surface area is 150 Å². The highest BCUT2D eigenvalue weighted by atomic mass is 32.1. The van der Waals surface area contributed by atoms with Crippen LogP contribution in [0.2, 0.25) is 0 Å². The molecule has 2 aromatic rings. The fourth-order valence-corrected chi connectivity index (χ4v) is 1.95. The van der Waals surface area contributed by atoms with Crippen molar-refractivity contribution < 1.29 is 14.3 Å². The summed E-state index contributed by atoms with van der Waals surface area (Å²) in [5.74, 6) is 0.0878. The summed E-state index contributed by atoms with van der Waals surface area (Å²) in [6.45, 7) is 0. The number of benzene rings is 2. The molecule has 0 aliphatic carbocycles. The quantitative estimate of drug-likeness (QED) is 0.491. The number of rotatable bonds is 4. The molecule has 0 saturated heterocycles. The molecule has 0 unspecified atom stereocenters. The highest BCUT2D eigenvalue weighted by Gasteiger charge is 2.08.